The highest BCUT2D eigenvalue weighted by atomic mass is 35.5. The maximum atomic E-state index is 9.55. The lowest BCUT2D eigenvalue weighted by atomic mass is 9.78. The highest BCUT2D eigenvalue weighted by molar-refractivity contribution is 5.85. The van der Waals surface area contributed by atoms with E-state index in [2.05, 4.69) is 13.8 Å². The summed E-state index contributed by atoms with van der Waals surface area (Å²) in [6.45, 7) is 4.31. The van der Waals surface area contributed by atoms with Crippen LogP contribution in [0.4, 0.5) is 11.4 Å². The first-order chi connectivity index (χ1) is 15.7. The van der Waals surface area contributed by atoms with Gasteiger partial charge in [-0.1, -0.05) is 38.1 Å². The second kappa shape index (κ2) is 9.85. The fraction of sp³-hybridized carbons (Fsp3) is 0.111. The molecule has 0 unspecified atom stereocenters. The molecular formula is C27H27ClN2O4. The molecule has 0 aromatic heterocycles. The summed E-state index contributed by atoms with van der Waals surface area (Å²) in [5.41, 5.74) is 14.0. The Hall–Kier alpha value is -4.03. The molecule has 0 bridgehead atoms. The standard InChI is InChI=1S/C27H26N2O4.ClH/c1-27(2,17-3-7-19(8-4-17)32-21-11-13-25(30)23(28)15-21)18-5-9-20(10-6-18)33-22-12-14-26(31)24(29)16-22;/h3-16,30-31H,28-29H2,1-2H3;1H. The number of halogens is 1. The van der Waals surface area contributed by atoms with Crippen LogP contribution in [0.15, 0.2) is 84.9 Å². The average molecular weight is 479 g/mol. The predicted molar refractivity (Wildman–Crippen MR) is 137 cm³/mol. The topological polar surface area (TPSA) is 111 Å². The summed E-state index contributed by atoms with van der Waals surface area (Å²) in [7, 11) is 0. The minimum atomic E-state index is -0.247. The largest absolute Gasteiger partial charge is 0.506 e. The van der Waals surface area contributed by atoms with E-state index in [4.69, 9.17) is 20.9 Å². The molecule has 0 aliphatic rings. The van der Waals surface area contributed by atoms with Gasteiger partial charge in [0.25, 0.3) is 0 Å². The summed E-state index contributed by atoms with van der Waals surface area (Å²) >= 11 is 0. The molecule has 34 heavy (non-hydrogen) atoms. The molecule has 0 radical (unpaired) electrons. The van der Waals surface area contributed by atoms with Gasteiger partial charge in [-0.3, -0.25) is 0 Å². The van der Waals surface area contributed by atoms with Gasteiger partial charge < -0.3 is 31.2 Å². The Bertz CT molecular complexity index is 1170. The number of nitrogen functional groups attached to an aromatic ring is 2. The predicted octanol–water partition coefficient (Wildman–Crippen LogP) is 6.59. The van der Waals surface area contributed by atoms with Gasteiger partial charge in [-0.2, -0.15) is 0 Å². The summed E-state index contributed by atoms with van der Waals surface area (Å²) in [6, 6.07) is 25.3. The first kappa shape index (κ1) is 24.6. The van der Waals surface area contributed by atoms with Gasteiger partial charge in [-0.25, -0.2) is 0 Å². The third-order valence-corrected chi connectivity index (χ3v) is 5.62. The van der Waals surface area contributed by atoms with E-state index < -0.39 is 0 Å². The van der Waals surface area contributed by atoms with Crippen LogP contribution >= 0.6 is 12.4 Å². The van der Waals surface area contributed by atoms with Gasteiger partial charge in [0.15, 0.2) is 0 Å². The molecule has 0 saturated carbocycles. The fourth-order valence-corrected chi connectivity index (χ4v) is 3.51. The van der Waals surface area contributed by atoms with Gasteiger partial charge >= 0.3 is 0 Å². The maximum absolute atomic E-state index is 9.55. The highest BCUT2D eigenvalue weighted by Crippen LogP contribution is 2.35. The molecule has 4 aromatic rings. The highest BCUT2D eigenvalue weighted by Gasteiger charge is 2.23. The third-order valence-electron chi connectivity index (χ3n) is 5.62. The lowest BCUT2D eigenvalue weighted by Gasteiger charge is -2.26. The van der Waals surface area contributed by atoms with Crippen molar-refractivity contribution in [2.75, 3.05) is 11.5 Å². The smallest absolute Gasteiger partial charge is 0.138 e. The molecule has 7 heteroatoms. The van der Waals surface area contributed by atoms with Crippen molar-refractivity contribution >= 4 is 23.8 Å². The molecule has 4 rings (SSSR count). The monoisotopic (exact) mass is 478 g/mol. The molecule has 0 aliphatic carbocycles. The second-order valence-electron chi connectivity index (χ2n) is 8.32. The van der Waals surface area contributed by atoms with E-state index in [1.54, 1.807) is 24.3 Å². The molecule has 0 spiro atoms. The number of aromatic hydroxyl groups is 2. The summed E-state index contributed by atoms with van der Waals surface area (Å²) in [4.78, 5) is 0. The van der Waals surface area contributed by atoms with Crippen LogP contribution in [0.2, 0.25) is 0 Å². The lowest BCUT2D eigenvalue weighted by molar-refractivity contribution is 0.466. The summed E-state index contributed by atoms with van der Waals surface area (Å²) in [5.74, 6) is 2.53. The molecule has 0 fully saturated rings. The second-order valence-corrected chi connectivity index (χ2v) is 8.32. The number of hydrogen-bond donors (Lipinski definition) is 4. The van der Waals surface area contributed by atoms with Crippen LogP contribution < -0.4 is 20.9 Å². The van der Waals surface area contributed by atoms with Crippen molar-refractivity contribution < 1.29 is 19.7 Å². The zero-order chi connectivity index (χ0) is 23.6. The van der Waals surface area contributed by atoms with Gasteiger partial charge in [-0.05, 0) is 59.7 Å². The Morgan fingerprint density at radius 1 is 0.559 bits per heavy atom. The average Bonchev–Trinajstić information content (AvgIpc) is 2.80. The van der Waals surface area contributed by atoms with Crippen molar-refractivity contribution in [2.45, 2.75) is 19.3 Å². The number of hydrogen-bond acceptors (Lipinski definition) is 6. The van der Waals surface area contributed by atoms with Crippen LogP contribution in [0.25, 0.3) is 0 Å². The van der Waals surface area contributed by atoms with Gasteiger partial charge in [-0.15, -0.1) is 12.4 Å². The molecule has 0 amide bonds. The zero-order valence-electron chi connectivity index (χ0n) is 18.9. The molecule has 0 atom stereocenters. The molecule has 0 heterocycles. The zero-order valence-corrected chi connectivity index (χ0v) is 19.7. The van der Waals surface area contributed by atoms with E-state index in [1.807, 2.05) is 48.5 Å². The van der Waals surface area contributed by atoms with E-state index >= 15 is 0 Å². The van der Waals surface area contributed by atoms with Crippen LogP contribution in [-0.2, 0) is 5.41 Å². The summed E-state index contributed by atoms with van der Waals surface area (Å²) in [5, 5.41) is 19.1. The van der Waals surface area contributed by atoms with Crippen molar-refractivity contribution in [1.29, 1.82) is 0 Å². The number of rotatable bonds is 6. The van der Waals surface area contributed by atoms with Crippen molar-refractivity contribution in [2.24, 2.45) is 0 Å². The van der Waals surface area contributed by atoms with Crippen LogP contribution in [0.5, 0.6) is 34.5 Å². The summed E-state index contributed by atoms with van der Waals surface area (Å²) in [6.07, 6.45) is 0. The number of phenolic OH excluding ortho intramolecular Hbond substituents is 2. The SMILES string of the molecule is CC(C)(c1ccc(Oc2ccc(O)c(N)c2)cc1)c1ccc(Oc2ccc(O)c(N)c2)cc1.Cl. The van der Waals surface area contributed by atoms with Gasteiger partial charge in [0.2, 0.25) is 0 Å². The Balaban J connectivity index is 0.00000324. The number of ether oxygens (including phenoxy) is 2. The molecule has 6 N–H and O–H groups in total. The van der Waals surface area contributed by atoms with Crippen LogP contribution in [0.3, 0.4) is 0 Å². The maximum Gasteiger partial charge on any atom is 0.138 e. The minimum absolute atomic E-state index is 0. The molecule has 0 saturated heterocycles. The lowest BCUT2D eigenvalue weighted by Crippen LogP contribution is -2.18. The van der Waals surface area contributed by atoms with E-state index in [9.17, 15) is 10.2 Å². The molecule has 176 valence electrons. The first-order valence-corrected chi connectivity index (χ1v) is 10.5. The molecule has 4 aromatic carbocycles. The van der Waals surface area contributed by atoms with Crippen LogP contribution in [0.1, 0.15) is 25.0 Å². The number of phenols is 2. The summed E-state index contributed by atoms with van der Waals surface area (Å²) < 4.78 is 11.7. The quantitative estimate of drug-likeness (QED) is 0.183. The van der Waals surface area contributed by atoms with Gasteiger partial charge in [0.05, 0.1) is 11.4 Å². The normalized spacial score (nSPS) is 10.9. The Morgan fingerprint density at radius 2 is 0.882 bits per heavy atom. The molecular weight excluding hydrogens is 452 g/mol. The Kier molecular flexibility index (Phi) is 7.13. The Morgan fingerprint density at radius 3 is 1.21 bits per heavy atom. The Labute approximate surface area is 204 Å². The van der Waals surface area contributed by atoms with Crippen LogP contribution in [0, 0.1) is 0 Å². The van der Waals surface area contributed by atoms with E-state index in [1.165, 1.54) is 12.1 Å². The van der Waals surface area contributed by atoms with Crippen molar-refractivity contribution in [3.05, 3.63) is 96.1 Å². The van der Waals surface area contributed by atoms with E-state index in [0.717, 1.165) is 11.1 Å². The fourth-order valence-electron chi connectivity index (χ4n) is 3.51. The van der Waals surface area contributed by atoms with Crippen molar-refractivity contribution in [1.82, 2.24) is 0 Å². The molecule has 6 nitrogen and oxygen atoms in total. The van der Waals surface area contributed by atoms with Gasteiger partial charge in [0.1, 0.15) is 34.5 Å². The van der Waals surface area contributed by atoms with Crippen LogP contribution in [-0.4, -0.2) is 10.2 Å². The van der Waals surface area contributed by atoms with Crippen molar-refractivity contribution in [3.8, 4) is 34.5 Å². The van der Waals surface area contributed by atoms with E-state index in [0.29, 0.717) is 23.0 Å². The third kappa shape index (κ3) is 5.30. The van der Waals surface area contributed by atoms with Gasteiger partial charge in [0, 0.05) is 17.5 Å². The van der Waals surface area contributed by atoms with Crippen molar-refractivity contribution in [3.63, 3.8) is 0 Å². The number of benzene rings is 4. The molecule has 0 aliphatic heterocycles. The minimum Gasteiger partial charge on any atom is -0.506 e. The first-order valence-electron chi connectivity index (χ1n) is 10.5. The number of anilines is 2. The van der Waals surface area contributed by atoms with E-state index in [-0.39, 0.29) is 40.7 Å². The number of nitrogens with two attached hydrogens (primary N) is 2.